The Morgan fingerprint density at radius 2 is 1.86 bits per heavy atom. The summed E-state index contributed by atoms with van der Waals surface area (Å²) in [5, 5.41) is 3.47. The van der Waals surface area contributed by atoms with Crippen LogP contribution in [0.3, 0.4) is 0 Å². The second-order valence-electron chi connectivity index (χ2n) is 5.75. The average molecular weight is 309 g/mol. The Labute approximate surface area is 135 Å². The van der Waals surface area contributed by atoms with Gasteiger partial charge in [-0.2, -0.15) is 0 Å². The number of hydrogen-bond donors (Lipinski definition) is 2. The summed E-state index contributed by atoms with van der Waals surface area (Å²) in [6.07, 6.45) is 0. The largest absolute Gasteiger partial charge is 0.384 e. The minimum Gasteiger partial charge on any atom is -0.384 e. The van der Waals surface area contributed by atoms with Gasteiger partial charge in [0.2, 0.25) is 0 Å². The van der Waals surface area contributed by atoms with Crippen LogP contribution < -0.4 is 5.32 Å². The minimum atomic E-state index is 0.577. The first kappa shape index (κ1) is 14.7. The SMILES string of the molecule is CC(C)CNc1ccccc1C(=S)c1nc2ccccc2[nH]1. The van der Waals surface area contributed by atoms with Gasteiger partial charge in [0.1, 0.15) is 5.82 Å². The molecule has 112 valence electrons. The Morgan fingerprint density at radius 1 is 1.14 bits per heavy atom. The topological polar surface area (TPSA) is 40.7 Å². The van der Waals surface area contributed by atoms with Crippen molar-refractivity contribution in [2.45, 2.75) is 13.8 Å². The highest BCUT2D eigenvalue weighted by atomic mass is 32.1. The summed E-state index contributed by atoms with van der Waals surface area (Å²) >= 11 is 5.66. The molecule has 0 aliphatic heterocycles. The van der Waals surface area contributed by atoms with Gasteiger partial charge in [0.25, 0.3) is 0 Å². The van der Waals surface area contributed by atoms with Crippen LogP contribution in [0.1, 0.15) is 25.2 Å². The van der Waals surface area contributed by atoms with Crippen LogP contribution in [-0.4, -0.2) is 21.4 Å². The zero-order valence-corrected chi connectivity index (χ0v) is 13.6. The van der Waals surface area contributed by atoms with E-state index in [9.17, 15) is 0 Å². The molecule has 22 heavy (non-hydrogen) atoms. The standard InChI is InChI=1S/C18H19N3S/c1-12(2)11-19-14-8-4-3-7-13(14)17(22)18-20-15-9-5-6-10-16(15)21-18/h3-10,12,19H,11H2,1-2H3,(H,20,21). The fourth-order valence-electron chi connectivity index (χ4n) is 2.34. The Hall–Kier alpha value is -2.20. The molecule has 4 heteroatoms. The Morgan fingerprint density at radius 3 is 2.64 bits per heavy atom. The zero-order valence-electron chi connectivity index (χ0n) is 12.8. The van der Waals surface area contributed by atoms with Gasteiger partial charge in [-0.25, -0.2) is 4.98 Å². The first-order valence-corrected chi connectivity index (χ1v) is 7.88. The van der Waals surface area contributed by atoms with E-state index in [0.29, 0.717) is 5.92 Å². The summed E-state index contributed by atoms with van der Waals surface area (Å²) in [5.74, 6) is 1.32. The van der Waals surface area contributed by atoms with Gasteiger partial charge >= 0.3 is 0 Å². The number of anilines is 1. The summed E-state index contributed by atoms with van der Waals surface area (Å²) in [6.45, 7) is 5.29. The second-order valence-corrected chi connectivity index (χ2v) is 6.16. The van der Waals surface area contributed by atoms with Crippen LogP contribution in [0, 0.1) is 5.92 Å². The van der Waals surface area contributed by atoms with Crippen molar-refractivity contribution >= 4 is 33.8 Å². The molecule has 2 aromatic carbocycles. The van der Waals surface area contributed by atoms with Crippen LogP contribution in [0.4, 0.5) is 5.69 Å². The van der Waals surface area contributed by atoms with E-state index in [1.165, 1.54) is 0 Å². The highest BCUT2D eigenvalue weighted by Gasteiger charge is 2.13. The van der Waals surface area contributed by atoms with Gasteiger partial charge in [0, 0.05) is 17.8 Å². The lowest BCUT2D eigenvalue weighted by Gasteiger charge is -2.13. The van der Waals surface area contributed by atoms with E-state index in [1.54, 1.807) is 0 Å². The minimum absolute atomic E-state index is 0.577. The maximum Gasteiger partial charge on any atom is 0.150 e. The number of H-pyrrole nitrogens is 1. The van der Waals surface area contributed by atoms with E-state index >= 15 is 0 Å². The Kier molecular flexibility index (Phi) is 4.20. The first-order valence-electron chi connectivity index (χ1n) is 7.47. The third-order valence-corrected chi connectivity index (χ3v) is 3.89. The maximum absolute atomic E-state index is 5.66. The van der Waals surface area contributed by atoms with Gasteiger partial charge in [-0.15, -0.1) is 0 Å². The number of hydrogen-bond acceptors (Lipinski definition) is 3. The lowest BCUT2D eigenvalue weighted by Crippen LogP contribution is -2.12. The fourth-order valence-corrected chi connectivity index (χ4v) is 2.61. The lowest BCUT2D eigenvalue weighted by atomic mass is 10.1. The van der Waals surface area contributed by atoms with Crippen molar-refractivity contribution in [1.82, 2.24) is 9.97 Å². The number of fused-ring (bicyclic) bond motifs is 1. The molecule has 0 bridgehead atoms. The number of nitrogens with zero attached hydrogens (tertiary/aromatic N) is 1. The van der Waals surface area contributed by atoms with Crippen LogP contribution in [-0.2, 0) is 0 Å². The van der Waals surface area contributed by atoms with Gasteiger partial charge in [-0.1, -0.05) is 56.4 Å². The van der Waals surface area contributed by atoms with Gasteiger partial charge in [0.05, 0.1) is 15.9 Å². The molecule has 0 aliphatic rings. The van der Waals surface area contributed by atoms with Crippen molar-refractivity contribution in [2.24, 2.45) is 5.92 Å². The molecule has 0 radical (unpaired) electrons. The van der Waals surface area contributed by atoms with Crippen molar-refractivity contribution < 1.29 is 0 Å². The number of para-hydroxylation sites is 3. The van der Waals surface area contributed by atoms with Gasteiger partial charge in [0.15, 0.2) is 0 Å². The maximum atomic E-state index is 5.66. The quantitative estimate of drug-likeness (QED) is 0.542. The molecule has 2 N–H and O–H groups in total. The number of thiocarbonyl (C=S) groups is 1. The fraction of sp³-hybridized carbons (Fsp3) is 0.222. The molecule has 0 saturated carbocycles. The number of imidazole rings is 1. The molecule has 0 spiro atoms. The highest BCUT2D eigenvalue weighted by Crippen LogP contribution is 2.21. The van der Waals surface area contributed by atoms with Crippen LogP contribution in [0.15, 0.2) is 48.5 Å². The molecule has 3 aromatic rings. The van der Waals surface area contributed by atoms with Gasteiger partial charge in [-0.05, 0) is 24.1 Å². The van der Waals surface area contributed by atoms with Crippen LogP contribution in [0.25, 0.3) is 11.0 Å². The van der Waals surface area contributed by atoms with E-state index in [1.807, 2.05) is 42.5 Å². The predicted molar refractivity (Wildman–Crippen MR) is 96.7 cm³/mol. The van der Waals surface area contributed by atoms with Crippen LogP contribution in [0.2, 0.25) is 0 Å². The molecule has 0 unspecified atom stereocenters. The third-order valence-electron chi connectivity index (χ3n) is 3.48. The number of aromatic nitrogens is 2. The summed E-state index contributed by atoms with van der Waals surface area (Å²) < 4.78 is 0. The summed E-state index contributed by atoms with van der Waals surface area (Å²) in [6, 6.07) is 16.1. The van der Waals surface area contributed by atoms with Gasteiger partial charge in [-0.3, -0.25) is 0 Å². The van der Waals surface area contributed by atoms with E-state index in [-0.39, 0.29) is 0 Å². The number of rotatable bonds is 5. The summed E-state index contributed by atoms with van der Waals surface area (Å²) in [4.78, 5) is 8.65. The molecule has 3 nitrogen and oxygen atoms in total. The molecule has 0 amide bonds. The molecule has 0 saturated heterocycles. The number of aromatic amines is 1. The smallest absolute Gasteiger partial charge is 0.150 e. The number of nitrogens with one attached hydrogen (secondary N) is 2. The molecular weight excluding hydrogens is 290 g/mol. The highest BCUT2D eigenvalue weighted by molar-refractivity contribution is 7.81. The molecular formula is C18H19N3S. The van der Waals surface area contributed by atoms with Gasteiger partial charge < -0.3 is 10.3 Å². The number of benzene rings is 2. The molecule has 0 aliphatic carbocycles. The van der Waals surface area contributed by atoms with E-state index in [0.717, 1.165) is 39.5 Å². The average Bonchev–Trinajstić information content (AvgIpc) is 2.96. The second kappa shape index (κ2) is 6.28. The van der Waals surface area contributed by atoms with Crippen LogP contribution >= 0.6 is 12.2 Å². The third kappa shape index (κ3) is 3.02. The Balaban J connectivity index is 1.94. The van der Waals surface area contributed by atoms with Crippen molar-refractivity contribution in [2.75, 3.05) is 11.9 Å². The normalized spacial score (nSPS) is 11.0. The lowest BCUT2D eigenvalue weighted by molar-refractivity contribution is 0.689. The molecule has 0 fully saturated rings. The molecule has 3 rings (SSSR count). The van der Waals surface area contributed by atoms with E-state index < -0.39 is 0 Å². The monoisotopic (exact) mass is 309 g/mol. The molecule has 1 aromatic heterocycles. The summed E-state index contributed by atoms with van der Waals surface area (Å²) in [5.41, 5.74) is 4.01. The predicted octanol–water partition coefficient (Wildman–Crippen LogP) is 4.40. The molecule has 0 atom stereocenters. The van der Waals surface area contributed by atoms with Crippen LogP contribution in [0.5, 0.6) is 0 Å². The Bertz CT molecular complexity index is 772. The van der Waals surface area contributed by atoms with E-state index in [2.05, 4.69) is 35.2 Å². The van der Waals surface area contributed by atoms with E-state index in [4.69, 9.17) is 12.2 Å². The van der Waals surface area contributed by atoms with Crippen molar-refractivity contribution in [3.63, 3.8) is 0 Å². The molecule has 1 heterocycles. The zero-order chi connectivity index (χ0) is 15.5. The van der Waals surface area contributed by atoms with Crippen molar-refractivity contribution in [3.05, 3.63) is 59.9 Å². The van der Waals surface area contributed by atoms with Crippen molar-refractivity contribution in [3.8, 4) is 0 Å². The first-order chi connectivity index (χ1) is 10.6. The van der Waals surface area contributed by atoms with Crippen molar-refractivity contribution in [1.29, 1.82) is 0 Å². The summed E-state index contributed by atoms with van der Waals surface area (Å²) in [7, 11) is 0.